The predicted molar refractivity (Wildman–Crippen MR) is 102 cm³/mol. The van der Waals surface area contributed by atoms with Crippen molar-refractivity contribution in [2.24, 2.45) is 18.4 Å². The molecule has 0 bridgehead atoms. The minimum absolute atomic E-state index is 0.207. The van der Waals surface area contributed by atoms with E-state index in [0.717, 1.165) is 50.8 Å². The lowest BCUT2D eigenvalue weighted by atomic mass is 9.75. The van der Waals surface area contributed by atoms with Crippen LogP contribution in [0.1, 0.15) is 36.4 Å². The summed E-state index contributed by atoms with van der Waals surface area (Å²) < 4.78 is 2.01. The Balaban J connectivity index is 1.43. The molecule has 2 atom stereocenters. The first kappa shape index (κ1) is 16.5. The van der Waals surface area contributed by atoms with Gasteiger partial charge in [-0.25, -0.2) is 4.98 Å². The molecular formula is C20H26N4OS. The molecule has 0 N–H and O–H groups in total. The number of carbonyl (C=O) groups is 1. The fourth-order valence-electron chi connectivity index (χ4n) is 4.87. The first-order valence-corrected chi connectivity index (χ1v) is 10.6. The highest BCUT2D eigenvalue weighted by Crippen LogP contribution is 2.50. The summed E-state index contributed by atoms with van der Waals surface area (Å²) in [5.74, 6) is 1.35. The average molecular weight is 371 g/mol. The van der Waals surface area contributed by atoms with Crippen molar-refractivity contribution in [3.8, 4) is 0 Å². The number of likely N-dealkylation sites (tertiary alicyclic amines) is 2. The van der Waals surface area contributed by atoms with Crippen LogP contribution < -0.4 is 0 Å². The van der Waals surface area contributed by atoms with E-state index in [1.165, 1.54) is 18.4 Å². The van der Waals surface area contributed by atoms with Crippen LogP contribution >= 0.6 is 11.3 Å². The molecule has 2 unspecified atom stereocenters. The average Bonchev–Trinajstić information content (AvgIpc) is 2.98. The summed E-state index contributed by atoms with van der Waals surface area (Å²) >= 11 is 1.74. The number of amides is 1. The van der Waals surface area contributed by atoms with Crippen LogP contribution in [0, 0.1) is 11.3 Å². The molecule has 1 saturated carbocycles. The second kappa shape index (κ2) is 6.20. The molecule has 3 aliphatic rings. The monoisotopic (exact) mass is 370 g/mol. The van der Waals surface area contributed by atoms with Crippen LogP contribution in [-0.2, 0) is 18.4 Å². The highest BCUT2D eigenvalue weighted by atomic mass is 32.1. The van der Waals surface area contributed by atoms with Gasteiger partial charge in [0, 0.05) is 51.9 Å². The zero-order valence-corrected chi connectivity index (χ0v) is 16.1. The second-order valence-corrected chi connectivity index (χ2v) is 9.20. The number of aromatic nitrogens is 2. The molecule has 5 nitrogen and oxygen atoms in total. The topological polar surface area (TPSA) is 41.4 Å². The zero-order chi connectivity index (χ0) is 17.7. The lowest BCUT2D eigenvalue weighted by molar-refractivity contribution is -0.136. The van der Waals surface area contributed by atoms with Crippen LogP contribution in [0.15, 0.2) is 29.4 Å². The highest BCUT2D eigenvalue weighted by Gasteiger charge is 2.57. The fraction of sp³-hybridized carbons (Fsp3) is 0.600. The highest BCUT2D eigenvalue weighted by molar-refractivity contribution is 7.07. The Hall–Kier alpha value is -1.66. The number of hydrogen-bond acceptors (Lipinski definition) is 4. The van der Waals surface area contributed by atoms with E-state index in [0.29, 0.717) is 5.91 Å². The number of carbonyl (C=O) groups excluding carboxylic acids is 1. The van der Waals surface area contributed by atoms with E-state index in [9.17, 15) is 4.79 Å². The molecule has 2 aliphatic heterocycles. The molecule has 26 heavy (non-hydrogen) atoms. The Labute approximate surface area is 158 Å². The SMILES string of the molecule is Cn1cnc(C2CN(Cc3ccsc3)CC23CCN(CC2CC2)C3=O)c1. The summed E-state index contributed by atoms with van der Waals surface area (Å²) in [7, 11) is 2.01. The molecule has 2 aromatic rings. The summed E-state index contributed by atoms with van der Waals surface area (Å²) in [4.78, 5) is 22.8. The quantitative estimate of drug-likeness (QED) is 0.813. The first-order valence-electron chi connectivity index (χ1n) is 9.65. The van der Waals surface area contributed by atoms with Gasteiger partial charge in [0.05, 0.1) is 17.4 Å². The van der Waals surface area contributed by atoms with Crippen molar-refractivity contribution >= 4 is 17.2 Å². The zero-order valence-electron chi connectivity index (χ0n) is 15.3. The van der Waals surface area contributed by atoms with Gasteiger partial charge in [0.15, 0.2) is 0 Å². The molecule has 0 aromatic carbocycles. The lowest BCUT2D eigenvalue weighted by Crippen LogP contribution is -2.40. The van der Waals surface area contributed by atoms with E-state index < -0.39 is 0 Å². The van der Waals surface area contributed by atoms with Gasteiger partial charge >= 0.3 is 0 Å². The van der Waals surface area contributed by atoms with Crippen molar-refractivity contribution < 1.29 is 4.79 Å². The third kappa shape index (κ3) is 2.79. The van der Waals surface area contributed by atoms with Gasteiger partial charge in [-0.2, -0.15) is 11.3 Å². The van der Waals surface area contributed by atoms with E-state index in [2.05, 4.69) is 37.8 Å². The Kier molecular flexibility index (Phi) is 3.94. The first-order chi connectivity index (χ1) is 12.6. The van der Waals surface area contributed by atoms with Crippen LogP contribution in [0.25, 0.3) is 0 Å². The summed E-state index contributed by atoms with van der Waals surface area (Å²) in [6.45, 7) is 4.62. The molecule has 1 aliphatic carbocycles. The largest absolute Gasteiger partial charge is 0.342 e. The number of rotatable bonds is 5. The Morgan fingerprint density at radius 3 is 2.96 bits per heavy atom. The molecule has 4 heterocycles. The van der Waals surface area contributed by atoms with Gasteiger partial charge in [0.25, 0.3) is 0 Å². The van der Waals surface area contributed by atoms with Gasteiger partial charge in [-0.15, -0.1) is 0 Å². The molecule has 3 fully saturated rings. The van der Waals surface area contributed by atoms with Crippen LogP contribution in [0.3, 0.4) is 0 Å². The van der Waals surface area contributed by atoms with E-state index >= 15 is 0 Å². The maximum absolute atomic E-state index is 13.5. The maximum atomic E-state index is 13.5. The molecule has 6 heteroatoms. The Morgan fingerprint density at radius 1 is 1.38 bits per heavy atom. The molecule has 5 rings (SSSR count). The van der Waals surface area contributed by atoms with E-state index in [-0.39, 0.29) is 11.3 Å². The maximum Gasteiger partial charge on any atom is 0.230 e. The summed E-state index contributed by atoms with van der Waals surface area (Å²) in [6.07, 6.45) is 7.54. The Morgan fingerprint density at radius 2 is 2.27 bits per heavy atom. The standard InChI is InChI=1S/C20H26N4OS/c1-22-11-18(21-14-22)17-10-23(8-16-4-7-26-12-16)13-20(17)5-6-24(19(20)25)9-15-2-3-15/h4,7,11-12,14-15,17H,2-3,5-6,8-10,13H2,1H3. The summed E-state index contributed by atoms with van der Waals surface area (Å²) in [5, 5.41) is 4.35. The fourth-order valence-corrected chi connectivity index (χ4v) is 5.53. The lowest BCUT2D eigenvalue weighted by Gasteiger charge is -2.28. The minimum Gasteiger partial charge on any atom is -0.342 e. The third-order valence-electron chi connectivity index (χ3n) is 6.40. The number of imidazole rings is 1. The molecule has 138 valence electrons. The molecule has 2 aromatic heterocycles. The van der Waals surface area contributed by atoms with Crippen molar-refractivity contribution in [1.29, 1.82) is 0 Å². The van der Waals surface area contributed by atoms with E-state index in [4.69, 9.17) is 0 Å². The van der Waals surface area contributed by atoms with Gasteiger partial charge in [-0.1, -0.05) is 0 Å². The smallest absolute Gasteiger partial charge is 0.230 e. The number of nitrogens with zero attached hydrogens (tertiary/aromatic N) is 4. The number of aryl methyl sites for hydroxylation is 1. The number of thiophene rings is 1. The molecular weight excluding hydrogens is 344 g/mol. The Bertz CT molecular complexity index is 797. The van der Waals surface area contributed by atoms with E-state index in [1.54, 1.807) is 11.3 Å². The second-order valence-electron chi connectivity index (χ2n) is 8.42. The molecule has 1 amide bonds. The van der Waals surface area contributed by atoms with Crippen molar-refractivity contribution in [1.82, 2.24) is 19.4 Å². The van der Waals surface area contributed by atoms with Gasteiger partial charge in [-0.05, 0) is 47.6 Å². The normalized spacial score (nSPS) is 29.3. The van der Waals surface area contributed by atoms with Gasteiger partial charge in [0.1, 0.15) is 0 Å². The van der Waals surface area contributed by atoms with E-state index in [1.807, 2.05) is 17.9 Å². The van der Waals surface area contributed by atoms with Crippen LogP contribution in [-0.4, -0.2) is 51.4 Å². The summed E-state index contributed by atoms with van der Waals surface area (Å²) in [5.41, 5.74) is 2.16. The van der Waals surface area contributed by atoms with Crippen molar-refractivity contribution in [2.75, 3.05) is 26.2 Å². The molecule has 1 spiro atoms. The van der Waals surface area contributed by atoms with Crippen molar-refractivity contribution in [3.63, 3.8) is 0 Å². The molecule has 0 radical (unpaired) electrons. The van der Waals surface area contributed by atoms with Gasteiger partial charge in [-0.3, -0.25) is 9.69 Å². The van der Waals surface area contributed by atoms with Crippen molar-refractivity contribution in [3.05, 3.63) is 40.6 Å². The van der Waals surface area contributed by atoms with Crippen molar-refractivity contribution in [2.45, 2.75) is 31.7 Å². The minimum atomic E-state index is -0.279. The van der Waals surface area contributed by atoms with Gasteiger partial charge in [0.2, 0.25) is 5.91 Å². The third-order valence-corrected chi connectivity index (χ3v) is 7.13. The van der Waals surface area contributed by atoms with Crippen LogP contribution in [0.5, 0.6) is 0 Å². The van der Waals surface area contributed by atoms with Crippen LogP contribution in [0.4, 0.5) is 0 Å². The summed E-state index contributed by atoms with van der Waals surface area (Å²) in [6, 6.07) is 2.20. The van der Waals surface area contributed by atoms with Gasteiger partial charge < -0.3 is 9.47 Å². The van der Waals surface area contributed by atoms with Crippen LogP contribution in [0.2, 0.25) is 0 Å². The molecule has 2 saturated heterocycles. The predicted octanol–water partition coefficient (Wildman–Crippen LogP) is 2.71. The number of hydrogen-bond donors (Lipinski definition) is 0.